The van der Waals surface area contributed by atoms with Crippen LogP contribution in [0.4, 0.5) is 0 Å². The number of Topliss-reactive ketones (excluding diaryl/α,β-unsaturated/α-hetero) is 1. The Balaban J connectivity index is 1.62. The second kappa shape index (κ2) is 7.86. The molecule has 0 aromatic heterocycles. The summed E-state index contributed by atoms with van der Waals surface area (Å²) >= 11 is 0. The average molecular weight is 356 g/mol. The van der Waals surface area contributed by atoms with Gasteiger partial charge in [-0.3, -0.25) is 9.69 Å². The van der Waals surface area contributed by atoms with Crippen LogP contribution < -0.4 is 0 Å². The molecule has 3 nitrogen and oxygen atoms in total. The van der Waals surface area contributed by atoms with Gasteiger partial charge < -0.3 is 4.74 Å². The standard InChI is InChI=1S/C21H29NO2Si/c1-25(2,3)11-7-10-21(23)18-12-19-15-24-16-20(13-18)22(19)14-17-8-5-4-6-9-17/h4-6,8-9,18-20H,10,12-16H2,1-3H3. The van der Waals surface area contributed by atoms with Crippen LogP contribution in [0.5, 0.6) is 0 Å². The number of carbonyl (C=O) groups is 1. The number of hydrogen-bond donors (Lipinski definition) is 0. The molecular weight excluding hydrogens is 326 g/mol. The van der Waals surface area contributed by atoms with E-state index in [1.165, 1.54) is 5.56 Å². The molecule has 2 fully saturated rings. The monoisotopic (exact) mass is 355 g/mol. The number of nitrogens with zero attached hydrogens (tertiary/aromatic N) is 1. The highest BCUT2D eigenvalue weighted by molar-refractivity contribution is 6.83. The molecular formula is C21H29NO2Si. The van der Waals surface area contributed by atoms with Crippen molar-refractivity contribution in [2.45, 2.75) is 57.5 Å². The Hall–Kier alpha value is -1.41. The highest BCUT2D eigenvalue weighted by atomic mass is 28.3. The number of ketones is 1. The molecule has 1 aromatic rings. The number of ether oxygens (including phenoxy) is 1. The molecule has 4 heteroatoms. The van der Waals surface area contributed by atoms with Gasteiger partial charge in [0.25, 0.3) is 0 Å². The van der Waals surface area contributed by atoms with Gasteiger partial charge in [0.1, 0.15) is 13.9 Å². The van der Waals surface area contributed by atoms with E-state index >= 15 is 0 Å². The topological polar surface area (TPSA) is 29.5 Å². The number of rotatable bonds is 4. The molecule has 2 heterocycles. The summed E-state index contributed by atoms with van der Waals surface area (Å²) in [6, 6.07) is 11.3. The first-order valence-electron chi connectivity index (χ1n) is 9.32. The summed E-state index contributed by atoms with van der Waals surface area (Å²) in [6.45, 7) is 9.09. The number of morpholine rings is 1. The van der Waals surface area contributed by atoms with Crippen LogP contribution in [0.1, 0.15) is 24.8 Å². The van der Waals surface area contributed by atoms with Gasteiger partial charge in [0, 0.05) is 24.5 Å². The Labute approximate surface area is 152 Å². The van der Waals surface area contributed by atoms with E-state index < -0.39 is 8.07 Å². The van der Waals surface area contributed by atoms with Crippen molar-refractivity contribution in [2.24, 2.45) is 5.92 Å². The van der Waals surface area contributed by atoms with E-state index in [1.54, 1.807) is 0 Å². The van der Waals surface area contributed by atoms with Crippen molar-refractivity contribution in [1.82, 2.24) is 4.90 Å². The lowest BCUT2D eigenvalue weighted by Crippen LogP contribution is -2.57. The van der Waals surface area contributed by atoms with E-state index in [4.69, 9.17) is 4.74 Å². The Morgan fingerprint density at radius 2 is 1.80 bits per heavy atom. The Morgan fingerprint density at radius 1 is 1.16 bits per heavy atom. The van der Waals surface area contributed by atoms with E-state index in [2.05, 4.69) is 66.3 Å². The number of fused-ring (bicyclic) bond motifs is 2. The van der Waals surface area contributed by atoms with Crippen molar-refractivity contribution in [2.75, 3.05) is 13.2 Å². The zero-order valence-corrected chi connectivity index (χ0v) is 16.6. The van der Waals surface area contributed by atoms with E-state index in [-0.39, 0.29) is 5.92 Å². The van der Waals surface area contributed by atoms with E-state index in [9.17, 15) is 4.79 Å². The molecule has 0 saturated carbocycles. The van der Waals surface area contributed by atoms with Crippen LogP contribution in [0, 0.1) is 17.4 Å². The third-order valence-electron chi connectivity index (χ3n) is 5.06. The molecule has 2 aliphatic rings. The molecule has 2 atom stereocenters. The third kappa shape index (κ3) is 5.04. The normalized spacial score (nSPS) is 26.6. The van der Waals surface area contributed by atoms with Gasteiger partial charge >= 0.3 is 0 Å². The van der Waals surface area contributed by atoms with E-state index in [1.807, 2.05) is 0 Å². The maximum atomic E-state index is 12.6. The van der Waals surface area contributed by atoms with Gasteiger partial charge in [0.15, 0.2) is 0 Å². The minimum atomic E-state index is -1.39. The minimum Gasteiger partial charge on any atom is -0.378 e. The molecule has 2 saturated heterocycles. The van der Waals surface area contributed by atoms with Gasteiger partial charge in [-0.25, -0.2) is 0 Å². The maximum Gasteiger partial charge on any atom is 0.147 e. The van der Waals surface area contributed by atoms with Gasteiger partial charge in [-0.15, -0.1) is 11.5 Å². The third-order valence-corrected chi connectivity index (χ3v) is 5.99. The zero-order chi connectivity index (χ0) is 17.9. The highest BCUT2D eigenvalue weighted by Gasteiger charge is 2.40. The van der Waals surface area contributed by atoms with Gasteiger partial charge in [0.05, 0.1) is 19.6 Å². The van der Waals surface area contributed by atoms with Crippen LogP contribution in [0.3, 0.4) is 0 Å². The molecule has 2 bridgehead atoms. The SMILES string of the molecule is C[Si](C)(C)C#CCC(=O)C1CC2COCC(C1)N2Cc1ccccc1. The first-order valence-corrected chi connectivity index (χ1v) is 12.8. The van der Waals surface area contributed by atoms with Crippen LogP contribution >= 0.6 is 0 Å². The predicted molar refractivity (Wildman–Crippen MR) is 104 cm³/mol. The van der Waals surface area contributed by atoms with Gasteiger partial charge in [-0.1, -0.05) is 50.0 Å². The van der Waals surface area contributed by atoms with Crippen molar-refractivity contribution in [3.8, 4) is 11.5 Å². The number of piperidine rings is 1. The van der Waals surface area contributed by atoms with Gasteiger partial charge in [0.2, 0.25) is 0 Å². The van der Waals surface area contributed by atoms with Crippen molar-refractivity contribution in [3.05, 3.63) is 35.9 Å². The molecule has 25 heavy (non-hydrogen) atoms. The molecule has 0 amide bonds. The van der Waals surface area contributed by atoms with Crippen LogP contribution in [-0.2, 0) is 16.1 Å². The summed E-state index contributed by atoms with van der Waals surface area (Å²) in [6.07, 6.45) is 2.25. The number of carbonyl (C=O) groups excluding carboxylic acids is 1. The maximum absolute atomic E-state index is 12.6. The molecule has 0 spiro atoms. The van der Waals surface area contributed by atoms with Gasteiger partial charge in [-0.2, -0.15) is 0 Å². The molecule has 1 aromatic carbocycles. The summed E-state index contributed by atoms with van der Waals surface area (Å²) in [5, 5.41) is 0. The zero-order valence-electron chi connectivity index (χ0n) is 15.6. The highest BCUT2D eigenvalue weighted by Crippen LogP contribution is 2.33. The number of benzene rings is 1. The second-order valence-corrected chi connectivity index (χ2v) is 13.1. The summed E-state index contributed by atoms with van der Waals surface area (Å²) in [4.78, 5) is 15.2. The van der Waals surface area contributed by atoms with Crippen LogP contribution in [0.25, 0.3) is 0 Å². The van der Waals surface area contributed by atoms with Crippen LogP contribution in [0.15, 0.2) is 30.3 Å². The lowest BCUT2D eigenvalue weighted by Gasteiger charge is -2.48. The fourth-order valence-electron chi connectivity index (χ4n) is 3.85. The summed E-state index contributed by atoms with van der Waals surface area (Å²) in [5.41, 5.74) is 4.65. The van der Waals surface area contributed by atoms with Crippen molar-refractivity contribution >= 4 is 13.9 Å². The van der Waals surface area contributed by atoms with Crippen LogP contribution in [0.2, 0.25) is 19.6 Å². The van der Waals surface area contributed by atoms with E-state index in [0.717, 1.165) is 32.6 Å². The fourth-order valence-corrected chi connectivity index (χ4v) is 4.46. The Kier molecular flexibility index (Phi) is 5.78. The molecule has 0 radical (unpaired) electrons. The predicted octanol–water partition coefficient (Wildman–Crippen LogP) is 3.51. The Morgan fingerprint density at radius 3 is 2.40 bits per heavy atom. The molecule has 134 valence electrons. The minimum absolute atomic E-state index is 0.154. The fraction of sp³-hybridized carbons (Fsp3) is 0.571. The smallest absolute Gasteiger partial charge is 0.147 e. The summed E-state index contributed by atoms with van der Waals surface area (Å²) in [5.74, 6) is 3.65. The molecule has 0 N–H and O–H groups in total. The first kappa shape index (κ1) is 18.4. The first-order chi connectivity index (χ1) is 11.9. The Bertz CT molecular complexity index is 642. The van der Waals surface area contributed by atoms with Crippen molar-refractivity contribution < 1.29 is 9.53 Å². The van der Waals surface area contributed by atoms with Crippen molar-refractivity contribution in [1.29, 1.82) is 0 Å². The largest absolute Gasteiger partial charge is 0.378 e. The summed E-state index contributed by atoms with van der Waals surface area (Å²) in [7, 11) is -1.39. The second-order valence-electron chi connectivity index (χ2n) is 8.37. The molecule has 2 aliphatic heterocycles. The lowest BCUT2D eigenvalue weighted by molar-refractivity contribution is -0.132. The molecule has 2 unspecified atom stereocenters. The lowest BCUT2D eigenvalue weighted by atomic mass is 9.81. The molecule has 3 rings (SSSR count). The van der Waals surface area contributed by atoms with Gasteiger partial charge in [-0.05, 0) is 18.4 Å². The average Bonchev–Trinajstić information content (AvgIpc) is 2.54. The quantitative estimate of drug-likeness (QED) is 0.611. The van der Waals surface area contributed by atoms with E-state index in [0.29, 0.717) is 24.3 Å². The molecule has 0 aliphatic carbocycles. The summed E-state index contributed by atoms with van der Waals surface area (Å²) < 4.78 is 5.78. The van der Waals surface area contributed by atoms with Crippen LogP contribution in [-0.4, -0.2) is 44.1 Å². The number of hydrogen-bond acceptors (Lipinski definition) is 3. The van der Waals surface area contributed by atoms with Crippen molar-refractivity contribution in [3.63, 3.8) is 0 Å².